The standard InChI is InChI=1S/C20H21F2N3O2/c1-14-7-5-11-23-17(14)24-18(26)15-8-6-12-25(13-15)19(27)20(21,22)16-9-3-2-4-10-16/h2-5,7,9-11,15H,6,8,12-13H2,1H3,(H,23,24,26). The van der Waals surface area contributed by atoms with E-state index in [4.69, 9.17) is 0 Å². The third kappa shape index (κ3) is 4.13. The number of nitrogens with one attached hydrogen (secondary N) is 1. The molecule has 1 aliphatic rings. The lowest BCUT2D eigenvalue weighted by molar-refractivity contribution is -0.161. The monoisotopic (exact) mass is 373 g/mol. The van der Waals surface area contributed by atoms with Gasteiger partial charge in [-0.1, -0.05) is 36.4 Å². The van der Waals surface area contributed by atoms with E-state index in [1.165, 1.54) is 24.3 Å². The predicted molar refractivity (Wildman–Crippen MR) is 97.2 cm³/mol. The molecule has 5 nitrogen and oxygen atoms in total. The van der Waals surface area contributed by atoms with Gasteiger partial charge in [0.25, 0.3) is 5.91 Å². The van der Waals surface area contributed by atoms with Gasteiger partial charge in [0.1, 0.15) is 5.82 Å². The number of likely N-dealkylation sites (tertiary alicyclic amines) is 1. The molecule has 7 heteroatoms. The molecule has 0 aliphatic carbocycles. The van der Waals surface area contributed by atoms with Gasteiger partial charge in [-0.15, -0.1) is 0 Å². The largest absolute Gasteiger partial charge is 0.349 e. The van der Waals surface area contributed by atoms with E-state index in [0.29, 0.717) is 18.7 Å². The summed E-state index contributed by atoms with van der Waals surface area (Å²) in [4.78, 5) is 30.2. The van der Waals surface area contributed by atoms with E-state index in [9.17, 15) is 18.4 Å². The molecule has 1 N–H and O–H groups in total. The van der Waals surface area contributed by atoms with Crippen LogP contribution < -0.4 is 5.32 Å². The fourth-order valence-corrected chi connectivity index (χ4v) is 3.18. The normalized spacial score (nSPS) is 17.4. The van der Waals surface area contributed by atoms with Crippen molar-refractivity contribution in [3.8, 4) is 0 Å². The molecular formula is C20H21F2N3O2. The second-order valence-electron chi connectivity index (χ2n) is 6.69. The minimum Gasteiger partial charge on any atom is -0.336 e. The highest BCUT2D eigenvalue weighted by atomic mass is 19.3. The van der Waals surface area contributed by atoms with E-state index in [1.54, 1.807) is 18.3 Å². The van der Waals surface area contributed by atoms with Crippen LogP contribution in [-0.2, 0) is 15.5 Å². The number of piperidine rings is 1. The first-order chi connectivity index (χ1) is 12.9. The van der Waals surface area contributed by atoms with Gasteiger partial charge in [0.05, 0.1) is 5.92 Å². The molecule has 27 heavy (non-hydrogen) atoms. The third-order valence-electron chi connectivity index (χ3n) is 4.74. The number of carbonyl (C=O) groups excluding carboxylic acids is 2. The molecule has 0 spiro atoms. The van der Waals surface area contributed by atoms with Gasteiger partial charge in [0.2, 0.25) is 5.91 Å². The van der Waals surface area contributed by atoms with Gasteiger partial charge in [-0.2, -0.15) is 8.78 Å². The van der Waals surface area contributed by atoms with E-state index >= 15 is 0 Å². The predicted octanol–water partition coefficient (Wildman–Crippen LogP) is 3.36. The van der Waals surface area contributed by atoms with Gasteiger partial charge >= 0.3 is 5.92 Å². The lowest BCUT2D eigenvalue weighted by Gasteiger charge is -2.34. The van der Waals surface area contributed by atoms with Gasteiger partial charge in [-0.3, -0.25) is 9.59 Å². The first-order valence-electron chi connectivity index (χ1n) is 8.85. The van der Waals surface area contributed by atoms with Crippen molar-refractivity contribution < 1.29 is 18.4 Å². The summed E-state index contributed by atoms with van der Waals surface area (Å²) in [6, 6.07) is 10.6. The summed E-state index contributed by atoms with van der Waals surface area (Å²) in [7, 11) is 0. The molecule has 142 valence electrons. The van der Waals surface area contributed by atoms with Crippen LogP contribution >= 0.6 is 0 Å². The minimum absolute atomic E-state index is 0.0288. The summed E-state index contributed by atoms with van der Waals surface area (Å²) in [6.45, 7) is 2.01. The second kappa shape index (κ2) is 7.82. The van der Waals surface area contributed by atoms with Crippen LogP contribution in [0, 0.1) is 12.8 Å². The average Bonchev–Trinajstić information content (AvgIpc) is 2.70. The maximum absolute atomic E-state index is 14.6. The van der Waals surface area contributed by atoms with Gasteiger partial charge < -0.3 is 10.2 Å². The Morgan fingerprint density at radius 3 is 2.63 bits per heavy atom. The highest BCUT2D eigenvalue weighted by Crippen LogP contribution is 2.32. The Hall–Kier alpha value is -2.83. The quantitative estimate of drug-likeness (QED) is 0.894. The zero-order valence-corrected chi connectivity index (χ0v) is 15.0. The Morgan fingerprint density at radius 1 is 1.19 bits per heavy atom. The molecule has 1 unspecified atom stereocenters. The van der Waals surface area contributed by atoms with Crippen molar-refractivity contribution in [2.75, 3.05) is 18.4 Å². The van der Waals surface area contributed by atoms with Crippen molar-refractivity contribution in [2.24, 2.45) is 5.92 Å². The smallest absolute Gasteiger partial charge is 0.336 e. The van der Waals surface area contributed by atoms with Crippen LogP contribution in [0.2, 0.25) is 0 Å². The lowest BCUT2D eigenvalue weighted by atomic mass is 9.96. The zero-order chi connectivity index (χ0) is 19.4. The van der Waals surface area contributed by atoms with Crippen molar-refractivity contribution in [3.63, 3.8) is 0 Å². The number of aromatic nitrogens is 1. The van der Waals surface area contributed by atoms with Gasteiger partial charge in [-0.05, 0) is 31.4 Å². The zero-order valence-electron chi connectivity index (χ0n) is 15.0. The number of rotatable bonds is 4. The number of carbonyl (C=O) groups is 2. The molecule has 0 bridgehead atoms. The van der Waals surface area contributed by atoms with Crippen LogP contribution in [0.15, 0.2) is 48.7 Å². The van der Waals surface area contributed by atoms with Gasteiger partial charge in [-0.25, -0.2) is 4.98 Å². The molecule has 1 atom stereocenters. The van der Waals surface area contributed by atoms with Crippen molar-refractivity contribution >= 4 is 17.6 Å². The number of pyridine rings is 1. The highest BCUT2D eigenvalue weighted by molar-refractivity contribution is 5.93. The van der Waals surface area contributed by atoms with Gasteiger partial charge in [0.15, 0.2) is 0 Å². The minimum atomic E-state index is -3.61. The summed E-state index contributed by atoms with van der Waals surface area (Å²) in [5, 5.41) is 2.73. The lowest BCUT2D eigenvalue weighted by Crippen LogP contribution is -2.49. The molecule has 1 saturated heterocycles. The third-order valence-corrected chi connectivity index (χ3v) is 4.74. The Balaban J connectivity index is 1.69. The van der Waals surface area contributed by atoms with Crippen molar-refractivity contribution in [1.29, 1.82) is 0 Å². The molecule has 3 rings (SSSR count). The first-order valence-corrected chi connectivity index (χ1v) is 8.85. The molecule has 1 aromatic carbocycles. The fraction of sp³-hybridized carbons (Fsp3) is 0.350. The van der Waals surface area contributed by atoms with Crippen molar-refractivity contribution in [1.82, 2.24) is 9.88 Å². The topological polar surface area (TPSA) is 62.3 Å². The molecule has 2 amide bonds. The number of amides is 2. The molecule has 2 aromatic rings. The molecule has 1 aromatic heterocycles. The number of benzene rings is 1. The number of nitrogens with zero attached hydrogens (tertiary/aromatic N) is 2. The number of hydrogen-bond donors (Lipinski definition) is 1. The highest BCUT2D eigenvalue weighted by Gasteiger charge is 2.45. The van der Waals surface area contributed by atoms with Crippen LogP contribution in [0.1, 0.15) is 24.0 Å². The van der Waals surface area contributed by atoms with E-state index in [-0.39, 0.29) is 24.6 Å². The first kappa shape index (κ1) is 18.9. The SMILES string of the molecule is Cc1cccnc1NC(=O)C1CCCN(C(=O)C(F)(F)c2ccccc2)C1. The summed E-state index contributed by atoms with van der Waals surface area (Å²) >= 11 is 0. The fourth-order valence-electron chi connectivity index (χ4n) is 3.18. The maximum atomic E-state index is 14.6. The van der Waals surface area contributed by atoms with E-state index < -0.39 is 17.7 Å². The Labute approximate surface area is 156 Å². The molecule has 2 heterocycles. The van der Waals surface area contributed by atoms with E-state index in [2.05, 4.69) is 10.3 Å². The maximum Gasteiger partial charge on any atom is 0.349 e. The van der Waals surface area contributed by atoms with Crippen molar-refractivity contribution in [2.45, 2.75) is 25.7 Å². The molecule has 1 fully saturated rings. The van der Waals surface area contributed by atoms with Crippen LogP contribution in [0.5, 0.6) is 0 Å². The molecule has 1 aliphatic heterocycles. The van der Waals surface area contributed by atoms with Crippen molar-refractivity contribution in [3.05, 3.63) is 59.8 Å². The summed E-state index contributed by atoms with van der Waals surface area (Å²) in [6.07, 6.45) is 2.61. The van der Waals surface area contributed by atoms with E-state index in [1.807, 2.05) is 13.0 Å². The molecule has 0 saturated carbocycles. The number of alkyl halides is 2. The summed E-state index contributed by atoms with van der Waals surface area (Å²) in [5.41, 5.74) is 0.468. The van der Waals surface area contributed by atoms with E-state index in [0.717, 1.165) is 10.5 Å². The Morgan fingerprint density at radius 2 is 1.93 bits per heavy atom. The Kier molecular flexibility index (Phi) is 5.48. The number of hydrogen-bond acceptors (Lipinski definition) is 3. The summed E-state index contributed by atoms with van der Waals surface area (Å²) in [5.74, 6) is -5.29. The molecule has 0 radical (unpaired) electrons. The van der Waals surface area contributed by atoms with Gasteiger partial charge in [0, 0.05) is 24.8 Å². The van der Waals surface area contributed by atoms with Crippen LogP contribution in [0.3, 0.4) is 0 Å². The Bertz CT molecular complexity index is 827. The second-order valence-corrected chi connectivity index (χ2v) is 6.69. The number of aryl methyl sites for hydroxylation is 1. The average molecular weight is 373 g/mol. The van der Waals surface area contributed by atoms with Crippen LogP contribution in [0.4, 0.5) is 14.6 Å². The number of anilines is 1. The number of halogens is 2. The summed E-state index contributed by atoms with van der Waals surface area (Å²) < 4.78 is 29.1. The molecular weight excluding hydrogens is 352 g/mol. The van der Waals surface area contributed by atoms with Crippen LogP contribution in [0.25, 0.3) is 0 Å². The van der Waals surface area contributed by atoms with Crippen LogP contribution in [-0.4, -0.2) is 34.8 Å².